The van der Waals surface area contributed by atoms with Gasteiger partial charge in [-0.3, -0.25) is 0 Å². The lowest BCUT2D eigenvalue weighted by molar-refractivity contribution is 0.401. The zero-order valence-electron chi connectivity index (χ0n) is 11.8. The van der Waals surface area contributed by atoms with E-state index in [0.29, 0.717) is 11.6 Å². The first-order chi connectivity index (χ1) is 9.96. The zero-order chi connectivity index (χ0) is 15.5. The van der Waals surface area contributed by atoms with Gasteiger partial charge >= 0.3 is 0 Å². The summed E-state index contributed by atoms with van der Waals surface area (Å²) >= 11 is 1.45. The van der Waals surface area contributed by atoms with Gasteiger partial charge in [-0.05, 0) is 24.6 Å². The molecule has 1 aromatic carbocycles. The minimum atomic E-state index is -3.67. The monoisotopic (exact) mass is 327 g/mol. The molecule has 0 unspecified atom stereocenters. The number of hydrogen-bond donors (Lipinski definition) is 2. The first-order valence-electron chi connectivity index (χ1n) is 6.24. The molecule has 2 rings (SSSR count). The minimum absolute atomic E-state index is 0.0930. The second-order valence-electron chi connectivity index (χ2n) is 4.38. The van der Waals surface area contributed by atoms with Crippen molar-refractivity contribution in [1.82, 2.24) is 9.71 Å². The van der Waals surface area contributed by atoms with Gasteiger partial charge in [-0.25, -0.2) is 18.1 Å². The number of thiazole rings is 1. The van der Waals surface area contributed by atoms with Crippen LogP contribution in [-0.4, -0.2) is 20.5 Å². The van der Waals surface area contributed by atoms with E-state index in [2.05, 4.69) is 9.71 Å². The molecule has 0 spiro atoms. The number of hydrogen-bond acceptors (Lipinski definition) is 6. The van der Waals surface area contributed by atoms with Crippen molar-refractivity contribution >= 4 is 21.4 Å². The number of nitrogens with zero attached hydrogens (tertiary/aromatic N) is 1. The van der Waals surface area contributed by atoms with E-state index in [9.17, 15) is 8.42 Å². The van der Waals surface area contributed by atoms with Gasteiger partial charge in [0, 0.05) is 17.6 Å². The maximum Gasteiger partial charge on any atom is 0.244 e. The number of sulfonamides is 1. The number of rotatable bonds is 6. The molecule has 6 nitrogen and oxygen atoms in total. The van der Waals surface area contributed by atoms with Crippen LogP contribution in [0.1, 0.15) is 15.4 Å². The molecule has 1 aromatic heterocycles. The van der Waals surface area contributed by atoms with Crippen LogP contribution >= 0.6 is 11.3 Å². The standard InChI is InChI=1S/C13H17N3O3S2/c1-9-7-15-13(20-9)8-16-21(17,18)12-4-3-10(6-14)5-11(12)19-2/h3-5,7,16H,6,8,14H2,1-2H3. The first kappa shape index (κ1) is 15.9. The Morgan fingerprint density at radius 3 is 2.76 bits per heavy atom. The van der Waals surface area contributed by atoms with E-state index in [0.717, 1.165) is 10.4 Å². The van der Waals surface area contributed by atoms with Crippen LogP contribution in [0.25, 0.3) is 0 Å². The Labute approximate surface area is 128 Å². The van der Waals surface area contributed by atoms with E-state index in [1.807, 2.05) is 6.92 Å². The Morgan fingerprint density at radius 1 is 1.43 bits per heavy atom. The SMILES string of the molecule is COc1cc(CN)ccc1S(=O)(=O)NCc1ncc(C)s1. The molecule has 0 saturated carbocycles. The summed E-state index contributed by atoms with van der Waals surface area (Å²) in [6.45, 7) is 2.40. The van der Waals surface area contributed by atoms with Crippen molar-refractivity contribution < 1.29 is 13.2 Å². The van der Waals surface area contributed by atoms with E-state index < -0.39 is 10.0 Å². The fraction of sp³-hybridized carbons (Fsp3) is 0.308. The molecule has 0 bridgehead atoms. The molecule has 0 saturated heterocycles. The highest BCUT2D eigenvalue weighted by Gasteiger charge is 2.20. The topological polar surface area (TPSA) is 94.3 Å². The number of aromatic nitrogens is 1. The molecule has 0 fully saturated rings. The van der Waals surface area contributed by atoms with Gasteiger partial charge in [-0.2, -0.15) is 0 Å². The van der Waals surface area contributed by atoms with E-state index >= 15 is 0 Å². The number of aryl methyl sites for hydroxylation is 1. The lowest BCUT2D eigenvalue weighted by Crippen LogP contribution is -2.23. The van der Waals surface area contributed by atoms with Crippen LogP contribution in [0.2, 0.25) is 0 Å². The molecule has 0 aliphatic carbocycles. The third-order valence-corrected chi connectivity index (χ3v) is 5.19. The summed E-state index contributed by atoms with van der Waals surface area (Å²) in [4.78, 5) is 5.26. The fourth-order valence-corrected chi connectivity index (χ4v) is 3.73. The number of nitrogens with one attached hydrogen (secondary N) is 1. The highest BCUT2D eigenvalue weighted by Crippen LogP contribution is 2.25. The molecule has 0 radical (unpaired) electrons. The highest BCUT2D eigenvalue weighted by molar-refractivity contribution is 7.89. The molecule has 1 heterocycles. The maximum absolute atomic E-state index is 12.3. The lowest BCUT2D eigenvalue weighted by atomic mass is 10.2. The van der Waals surface area contributed by atoms with E-state index in [-0.39, 0.29) is 17.2 Å². The molecule has 3 N–H and O–H groups in total. The van der Waals surface area contributed by atoms with Gasteiger partial charge < -0.3 is 10.5 Å². The average Bonchev–Trinajstić information content (AvgIpc) is 2.90. The van der Waals surface area contributed by atoms with Crippen LogP contribution in [0.4, 0.5) is 0 Å². The summed E-state index contributed by atoms with van der Waals surface area (Å²) in [5, 5.41) is 0.716. The highest BCUT2D eigenvalue weighted by atomic mass is 32.2. The summed E-state index contributed by atoms with van der Waals surface area (Å²) in [5.41, 5.74) is 6.35. The van der Waals surface area contributed by atoms with Crippen LogP contribution in [0.3, 0.4) is 0 Å². The summed E-state index contributed by atoms with van der Waals surface area (Å²) in [7, 11) is -2.24. The second kappa shape index (κ2) is 6.52. The molecule has 21 heavy (non-hydrogen) atoms. The molecule has 0 atom stereocenters. The quantitative estimate of drug-likeness (QED) is 0.836. The maximum atomic E-state index is 12.3. The van der Waals surface area contributed by atoms with Crippen molar-refractivity contribution in [1.29, 1.82) is 0 Å². The molecular weight excluding hydrogens is 310 g/mol. The molecule has 114 valence electrons. The Kier molecular flexibility index (Phi) is 4.94. The lowest BCUT2D eigenvalue weighted by Gasteiger charge is -2.11. The molecule has 8 heteroatoms. The van der Waals surface area contributed by atoms with Gasteiger partial charge in [0.2, 0.25) is 10.0 Å². The van der Waals surface area contributed by atoms with Crippen molar-refractivity contribution in [2.75, 3.05) is 7.11 Å². The Bertz CT molecular complexity index is 726. The third-order valence-electron chi connectivity index (χ3n) is 2.84. The number of nitrogens with two attached hydrogens (primary N) is 1. The smallest absolute Gasteiger partial charge is 0.244 e. The molecular formula is C13H17N3O3S2. The number of methoxy groups -OCH3 is 1. The van der Waals surface area contributed by atoms with Crippen molar-refractivity contribution in [2.24, 2.45) is 5.73 Å². The summed E-state index contributed by atoms with van der Waals surface area (Å²) < 4.78 is 32.4. The van der Waals surface area contributed by atoms with Crippen molar-refractivity contribution in [3.63, 3.8) is 0 Å². The van der Waals surface area contributed by atoms with Gasteiger partial charge in [0.25, 0.3) is 0 Å². The molecule has 0 amide bonds. The molecule has 2 aromatic rings. The predicted octanol–water partition coefficient (Wildman–Crippen LogP) is 1.40. The summed E-state index contributed by atoms with van der Waals surface area (Å²) in [5.74, 6) is 0.278. The van der Waals surface area contributed by atoms with E-state index in [4.69, 9.17) is 10.5 Å². The molecule has 0 aliphatic heterocycles. The first-order valence-corrected chi connectivity index (χ1v) is 8.54. The van der Waals surface area contributed by atoms with Gasteiger partial charge in [0.1, 0.15) is 15.7 Å². The predicted molar refractivity (Wildman–Crippen MR) is 81.8 cm³/mol. The fourth-order valence-electron chi connectivity index (χ4n) is 1.78. The number of ether oxygens (including phenoxy) is 1. The Morgan fingerprint density at radius 2 is 2.19 bits per heavy atom. The van der Waals surface area contributed by atoms with Crippen molar-refractivity contribution in [3.8, 4) is 5.75 Å². The van der Waals surface area contributed by atoms with Crippen LogP contribution in [0.15, 0.2) is 29.3 Å². The van der Waals surface area contributed by atoms with Crippen LogP contribution in [-0.2, 0) is 23.1 Å². The largest absolute Gasteiger partial charge is 0.495 e. The van der Waals surface area contributed by atoms with E-state index in [1.54, 1.807) is 18.3 Å². The third kappa shape index (κ3) is 3.79. The van der Waals surface area contributed by atoms with Crippen LogP contribution in [0, 0.1) is 6.92 Å². The Balaban J connectivity index is 2.22. The molecule has 0 aliphatic rings. The summed E-state index contributed by atoms with van der Waals surface area (Å²) in [6.07, 6.45) is 1.71. The number of benzene rings is 1. The van der Waals surface area contributed by atoms with Gasteiger partial charge in [0.05, 0.1) is 13.7 Å². The van der Waals surface area contributed by atoms with Crippen molar-refractivity contribution in [2.45, 2.75) is 24.9 Å². The van der Waals surface area contributed by atoms with E-state index in [1.165, 1.54) is 24.5 Å². The normalized spacial score (nSPS) is 11.6. The van der Waals surface area contributed by atoms with Crippen LogP contribution < -0.4 is 15.2 Å². The van der Waals surface area contributed by atoms with Crippen LogP contribution in [0.5, 0.6) is 5.75 Å². The summed E-state index contributed by atoms with van der Waals surface area (Å²) in [6, 6.07) is 4.79. The minimum Gasteiger partial charge on any atom is -0.495 e. The second-order valence-corrected chi connectivity index (χ2v) is 7.43. The Hall–Kier alpha value is -1.48. The van der Waals surface area contributed by atoms with Crippen molar-refractivity contribution in [3.05, 3.63) is 39.8 Å². The van der Waals surface area contributed by atoms with Gasteiger partial charge in [-0.1, -0.05) is 6.07 Å². The van der Waals surface area contributed by atoms with Gasteiger partial charge in [-0.15, -0.1) is 11.3 Å². The van der Waals surface area contributed by atoms with Gasteiger partial charge in [0.15, 0.2) is 0 Å². The zero-order valence-corrected chi connectivity index (χ0v) is 13.4. The average molecular weight is 327 g/mol.